The predicted molar refractivity (Wildman–Crippen MR) is 72.5 cm³/mol. The predicted octanol–water partition coefficient (Wildman–Crippen LogP) is 3.59. The maximum atomic E-state index is 13.8. The molecule has 0 fully saturated rings. The van der Waals surface area contributed by atoms with E-state index in [2.05, 4.69) is 5.32 Å². The van der Waals surface area contributed by atoms with Gasteiger partial charge in [0.15, 0.2) is 11.6 Å². The van der Waals surface area contributed by atoms with Crippen LogP contribution >= 0.6 is 0 Å². The van der Waals surface area contributed by atoms with Crippen LogP contribution in [0, 0.1) is 29.9 Å². The minimum absolute atomic E-state index is 0.248. The zero-order valence-electron chi connectivity index (χ0n) is 10.9. The van der Waals surface area contributed by atoms with Gasteiger partial charge in [0, 0.05) is 0 Å². The van der Waals surface area contributed by atoms with Gasteiger partial charge in [-0.05, 0) is 30.7 Å². The fraction of sp³-hybridized carbons (Fsp3) is 0.0667. The fourth-order valence-corrected chi connectivity index (χ4v) is 1.87. The fourth-order valence-electron chi connectivity index (χ4n) is 1.87. The summed E-state index contributed by atoms with van der Waals surface area (Å²) in [4.78, 5) is 10.7. The molecule has 4 nitrogen and oxygen atoms in total. The van der Waals surface area contributed by atoms with Gasteiger partial charge < -0.3 is 10.4 Å². The average molecular weight is 288 g/mol. The Hall–Kier alpha value is -2.94. The summed E-state index contributed by atoms with van der Waals surface area (Å²) >= 11 is 0. The van der Waals surface area contributed by atoms with E-state index in [-0.39, 0.29) is 11.3 Å². The Morgan fingerprint density at radius 2 is 1.90 bits per heavy atom. The van der Waals surface area contributed by atoms with Gasteiger partial charge in [-0.15, -0.1) is 0 Å². The van der Waals surface area contributed by atoms with Crippen LogP contribution < -0.4 is 5.32 Å². The highest BCUT2D eigenvalue weighted by atomic mass is 19.1. The van der Waals surface area contributed by atoms with Crippen molar-refractivity contribution in [3.8, 4) is 6.07 Å². The second-order valence-corrected chi connectivity index (χ2v) is 4.35. The molecule has 0 spiro atoms. The maximum absolute atomic E-state index is 13.8. The number of hydrogen-bond acceptors (Lipinski definition) is 3. The largest absolute Gasteiger partial charge is 0.478 e. The molecule has 0 bridgehead atoms. The highest BCUT2D eigenvalue weighted by Crippen LogP contribution is 2.27. The third kappa shape index (κ3) is 2.82. The normalized spacial score (nSPS) is 10.0. The van der Waals surface area contributed by atoms with Gasteiger partial charge in [-0.3, -0.25) is 0 Å². The minimum Gasteiger partial charge on any atom is -0.478 e. The molecule has 0 atom stereocenters. The number of carbonyl (C=O) groups is 1. The number of aryl methyl sites for hydroxylation is 1. The van der Waals surface area contributed by atoms with Crippen molar-refractivity contribution in [2.75, 3.05) is 5.32 Å². The van der Waals surface area contributed by atoms with E-state index in [0.29, 0.717) is 5.56 Å². The van der Waals surface area contributed by atoms with Gasteiger partial charge in [0.1, 0.15) is 11.8 Å². The Morgan fingerprint density at radius 3 is 2.43 bits per heavy atom. The zero-order chi connectivity index (χ0) is 15.6. The van der Waals surface area contributed by atoms with Crippen LogP contribution in [0.25, 0.3) is 0 Å². The van der Waals surface area contributed by atoms with Crippen LogP contribution in [-0.2, 0) is 0 Å². The van der Waals surface area contributed by atoms with Crippen LogP contribution in [0.3, 0.4) is 0 Å². The van der Waals surface area contributed by atoms with Crippen LogP contribution in [0.2, 0.25) is 0 Å². The standard InChI is InChI=1S/C15H10F2N2O2/c1-8-3-2-4-13(10(8)7-18)19-14-11(16)5-9(15(20)21)6-12(14)17/h2-6,19H,1H3,(H,20,21). The Kier molecular flexibility index (Phi) is 3.85. The van der Waals surface area contributed by atoms with Crippen molar-refractivity contribution in [3.63, 3.8) is 0 Å². The first-order valence-corrected chi connectivity index (χ1v) is 5.93. The molecular formula is C15H10F2N2O2. The van der Waals surface area contributed by atoms with Crippen molar-refractivity contribution >= 4 is 17.3 Å². The average Bonchev–Trinajstić information content (AvgIpc) is 2.42. The van der Waals surface area contributed by atoms with Crippen molar-refractivity contribution in [3.05, 3.63) is 58.7 Å². The van der Waals surface area contributed by atoms with E-state index >= 15 is 0 Å². The molecule has 0 amide bonds. The number of aromatic carboxylic acids is 1. The zero-order valence-corrected chi connectivity index (χ0v) is 10.9. The summed E-state index contributed by atoms with van der Waals surface area (Å²) in [6.45, 7) is 1.70. The lowest BCUT2D eigenvalue weighted by molar-refractivity contribution is 0.0696. The van der Waals surface area contributed by atoms with E-state index in [1.165, 1.54) is 6.07 Å². The Balaban J connectivity index is 2.49. The minimum atomic E-state index is -1.42. The Bertz CT molecular complexity index is 744. The highest BCUT2D eigenvalue weighted by molar-refractivity contribution is 5.88. The van der Waals surface area contributed by atoms with Gasteiger partial charge >= 0.3 is 5.97 Å². The number of nitrogens with one attached hydrogen (secondary N) is 1. The van der Waals surface area contributed by atoms with Gasteiger partial charge in [0.25, 0.3) is 0 Å². The van der Waals surface area contributed by atoms with E-state index in [0.717, 1.165) is 12.1 Å². The number of nitriles is 1. The summed E-state index contributed by atoms with van der Waals surface area (Å²) in [7, 11) is 0. The highest BCUT2D eigenvalue weighted by Gasteiger charge is 2.16. The van der Waals surface area contributed by atoms with Crippen molar-refractivity contribution < 1.29 is 18.7 Å². The van der Waals surface area contributed by atoms with Gasteiger partial charge in [-0.1, -0.05) is 12.1 Å². The van der Waals surface area contributed by atoms with Crippen LogP contribution in [-0.4, -0.2) is 11.1 Å². The molecular weight excluding hydrogens is 278 g/mol. The summed E-state index contributed by atoms with van der Waals surface area (Å²) in [5.41, 5.74) is 0.185. The Morgan fingerprint density at radius 1 is 1.29 bits per heavy atom. The molecule has 106 valence electrons. The molecule has 0 saturated carbocycles. The maximum Gasteiger partial charge on any atom is 0.335 e. The van der Waals surface area contributed by atoms with Crippen molar-refractivity contribution in [2.45, 2.75) is 6.92 Å². The molecule has 0 saturated heterocycles. The van der Waals surface area contributed by atoms with Gasteiger partial charge in [0.05, 0.1) is 16.8 Å². The number of carboxylic acid groups (broad SMARTS) is 1. The molecule has 0 aliphatic rings. The number of nitrogens with zero attached hydrogens (tertiary/aromatic N) is 1. The first kappa shape index (κ1) is 14.5. The van der Waals surface area contributed by atoms with Crippen molar-refractivity contribution in [2.24, 2.45) is 0 Å². The third-order valence-electron chi connectivity index (χ3n) is 2.93. The first-order chi connectivity index (χ1) is 9.93. The number of benzene rings is 2. The number of halogens is 2. The van der Waals surface area contributed by atoms with E-state index < -0.39 is 28.9 Å². The van der Waals surface area contributed by atoms with Gasteiger partial charge in [0.2, 0.25) is 0 Å². The van der Waals surface area contributed by atoms with Crippen LogP contribution in [0.4, 0.5) is 20.2 Å². The van der Waals surface area contributed by atoms with Gasteiger partial charge in [-0.2, -0.15) is 5.26 Å². The summed E-state index contributed by atoms with van der Waals surface area (Å²) < 4.78 is 27.7. The second kappa shape index (κ2) is 5.59. The molecule has 0 heterocycles. The lowest BCUT2D eigenvalue weighted by atomic mass is 10.1. The SMILES string of the molecule is Cc1cccc(Nc2c(F)cc(C(=O)O)cc2F)c1C#N. The number of carboxylic acids is 1. The molecule has 2 rings (SSSR count). The lowest BCUT2D eigenvalue weighted by Gasteiger charge is -2.12. The summed E-state index contributed by atoms with van der Waals surface area (Å²) in [5, 5.41) is 20.3. The Labute approximate surface area is 119 Å². The summed E-state index contributed by atoms with van der Waals surface area (Å²) in [6, 6.07) is 8.23. The van der Waals surface area contributed by atoms with Crippen molar-refractivity contribution in [1.29, 1.82) is 5.26 Å². The second-order valence-electron chi connectivity index (χ2n) is 4.35. The molecule has 6 heteroatoms. The molecule has 0 aromatic heterocycles. The van der Waals surface area contributed by atoms with E-state index in [4.69, 9.17) is 10.4 Å². The number of hydrogen-bond donors (Lipinski definition) is 2. The lowest BCUT2D eigenvalue weighted by Crippen LogP contribution is -2.04. The first-order valence-electron chi connectivity index (χ1n) is 5.93. The van der Waals surface area contributed by atoms with E-state index in [1.54, 1.807) is 19.1 Å². The molecule has 2 aromatic rings. The topological polar surface area (TPSA) is 73.1 Å². The van der Waals surface area contributed by atoms with Crippen LogP contribution in [0.15, 0.2) is 30.3 Å². The molecule has 2 N–H and O–H groups in total. The van der Waals surface area contributed by atoms with E-state index in [1.807, 2.05) is 6.07 Å². The van der Waals surface area contributed by atoms with E-state index in [9.17, 15) is 13.6 Å². The molecule has 0 radical (unpaired) electrons. The van der Waals surface area contributed by atoms with Gasteiger partial charge in [-0.25, -0.2) is 13.6 Å². The third-order valence-corrected chi connectivity index (χ3v) is 2.93. The van der Waals surface area contributed by atoms with Crippen LogP contribution in [0.1, 0.15) is 21.5 Å². The monoisotopic (exact) mass is 288 g/mol. The summed E-state index contributed by atoms with van der Waals surface area (Å²) in [5.74, 6) is -3.51. The molecule has 21 heavy (non-hydrogen) atoms. The molecule has 2 aromatic carbocycles. The molecule has 0 unspecified atom stereocenters. The number of rotatable bonds is 3. The molecule has 0 aliphatic heterocycles. The smallest absolute Gasteiger partial charge is 0.335 e. The summed E-state index contributed by atoms with van der Waals surface area (Å²) in [6.07, 6.45) is 0. The molecule has 0 aliphatic carbocycles. The number of anilines is 2. The van der Waals surface area contributed by atoms with Crippen LogP contribution in [0.5, 0.6) is 0 Å². The quantitative estimate of drug-likeness (QED) is 0.905. The van der Waals surface area contributed by atoms with Crippen molar-refractivity contribution in [1.82, 2.24) is 0 Å².